The number of fused-ring (bicyclic) bond motifs is 1. The van der Waals surface area contributed by atoms with Crippen molar-refractivity contribution in [3.8, 4) is 17.2 Å². The van der Waals surface area contributed by atoms with Gasteiger partial charge in [-0.2, -0.15) is 0 Å². The molecule has 29 heavy (non-hydrogen) atoms. The second-order valence-corrected chi connectivity index (χ2v) is 6.69. The van der Waals surface area contributed by atoms with Crippen LogP contribution in [0.3, 0.4) is 0 Å². The van der Waals surface area contributed by atoms with E-state index in [1.165, 1.54) is 25.2 Å². The van der Waals surface area contributed by atoms with Crippen LogP contribution in [0.4, 0.5) is 0 Å². The summed E-state index contributed by atoms with van der Waals surface area (Å²) in [6.07, 6.45) is 2.14. The van der Waals surface area contributed by atoms with Gasteiger partial charge >= 0.3 is 0 Å². The molecule has 2 aromatic rings. The van der Waals surface area contributed by atoms with Crippen molar-refractivity contribution >= 4 is 16.8 Å². The lowest BCUT2D eigenvalue weighted by Crippen LogP contribution is -3.12. The number of benzene rings is 1. The van der Waals surface area contributed by atoms with Crippen molar-refractivity contribution in [2.24, 2.45) is 0 Å². The largest absolute Gasteiger partial charge is 1.00 e. The van der Waals surface area contributed by atoms with Crippen molar-refractivity contribution in [3.63, 3.8) is 0 Å². The summed E-state index contributed by atoms with van der Waals surface area (Å²) in [6.45, 7) is 7.52. The van der Waals surface area contributed by atoms with Crippen LogP contribution in [0.1, 0.15) is 37.0 Å². The first-order valence-corrected chi connectivity index (χ1v) is 9.59. The summed E-state index contributed by atoms with van der Waals surface area (Å²) in [7, 11) is 2.95. The number of pyridine rings is 1. The third-order valence-corrected chi connectivity index (χ3v) is 4.69. The van der Waals surface area contributed by atoms with E-state index in [0.717, 1.165) is 32.5 Å². The van der Waals surface area contributed by atoms with Gasteiger partial charge in [0.05, 0.1) is 45.9 Å². The number of methoxy groups -OCH3 is 2. The summed E-state index contributed by atoms with van der Waals surface area (Å²) in [4.78, 5) is 29.0. The van der Waals surface area contributed by atoms with Crippen molar-refractivity contribution < 1.29 is 36.7 Å². The molecule has 0 atom stereocenters. The fraction of sp³-hybridized carbons (Fsp3) is 0.500. The normalized spacial score (nSPS) is 10.7. The van der Waals surface area contributed by atoms with E-state index < -0.39 is 11.5 Å². The molecule has 4 N–H and O–H groups in total. The van der Waals surface area contributed by atoms with Crippen molar-refractivity contribution in [1.29, 1.82) is 0 Å². The molecule has 8 nitrogen and oxygen atoms in total. The van der Waals surface area contributed by atoms with Gasteiger partial charge in [0.2, 0.25) is 0 Å². The Morgan fingerprint density at radius 2 is 1.69 bits per heavy atom. The van der Waals surface area contributed by atoms with E-state index in [1.807, 2.05) is 0 Å². The second-order valence-electron chi connectivity index (χ2n) is 6.69. The number of H-pyrrole nitrogens is 1. The molecule has 0 aliphatic carbocycles. The monoisotopic (exact) mass is 427 g/mol. The van der Waals surface area contributed by atoms with E-state index in [0.29, 0.717) is 28.9 Å². The summed E-state index contributed by atoms with van der Waals surface area (Å²) >= 11 is 0. The van der Waals surface area contributed by atoms with Crippen LogP contribution >= 0.6 is 0 Å². The number of aromatic nitrogens is 1. The van der Waals surface area contributed by atoms with E-state index in [1.54, 1.807) is 6.07 Å². The molecule has 1 aromatic carbocycles. The van der Waals surface area contributed by atoms with Crippen LogP contribution in [0, 0.1) is 0 Å². The van der Waals surface area contributed by atoms with Gasteiger partial charge in [0.15, 0.2) is 11.5 Å². The standard InChI is InChI=1S/C20H29N3O5.ClH/c1-5-8-23(9-6-2)10-7-21-19(25)17-18(24)13-11-15(27-3)16(28-4)12-14(13)22-20(17)26;/h11-12H,5-10H2,1-4H3,(H,21,25)(H2,22,24,26);1H. The lowest BCUT2D eigenvalue weighted by atomic mass is 10.1. The number of halogens is 1. The van der Waals surface area contributed by atoms with Crippen molar-refractivity contribution in [1.82, 2.24) is 10.3 Å². The van der Waals surface area contributed by atoms with Gasteiger partial charge in [-0.1, -0.05) is 13.8 Å². The quantitative estimate of drug-likeness (QED) is 0.341. The summed E-state index contributed by atoms with van der Waals surface area (Å²) in [6, 6.07) is 3.08. The molecule has 0 saturated heterocycles. The maximum atomic E-state index is 12.5. The number of nitrogens with one attached hydrogen (secondary N) is 3. The number of carbonyl (C=O) groups is 1. The molecule has 1 amide bonds. The first-order valence-electron chi connectivity index (χ1n) is 9.59. The third-order valence-electron chi connectivity index (χ3n) is 4.69. The Bertz CT molecular complexity index is 879. The summed E-state index contributed by atoms with van der Waals surface area (Å²) in [5.41, 5.74) is -0.591. The molecule has 0 radical (unpaired) electrons. The molecule has 9 heteroatoms. The molecule has 0 fully saturated rings. The zero-order valence-electron chi connectivity index (χ0n) is 17.4. The fourth-order valence-electron chi connectivity index (χ4n) is 3.34. The van der Waals surface area contributed by atoms with Crippen LogP contribution in [0.2, 0.25) is 0 Å². The van der Waals surface area contributed by atoms with Gasteiger partial charge in [-0.15, -0.1) is 0 Å². The first kappa shape index (κ1) is 24.6. The average Bonchev–Trinajstić information content (AvgIpc) is 2.67. The molecule has 0 aliphatic rings. The molecule has 162 valence electrons. The highest BCUT2D eigenvalue weighted by Gasteiger charge is 2.21. The highest BCUT2D eigenvalue weighted by Crippen LogP contribution is 2.35. The van der Waals surface area contributed by atoms with E-state index in [4.69, 9.17) is 9.47 Å². The zero-order chi connectivity index (χ0) is 20.7. The highest BCUT2D eigenvalue weighted by molar-refractivity contribution is 6.02. The average molecular weight is 428 g/mol. The third kappa shape index (κ3) is 5.77. The van der Waals surface area contributed by atoms with E-state index in [9.17, 15) is 14.7 Å². The molecule has 0 spiro atoms. The van der Waals surface area contributed by atoms with Crippen LogP contribution in [-0.2, 0) is 0 Å². The summed E-state index contributed by atoms with van der Waals surface area (Å²) < 4.78 is 10.4. The molecular weight excluding hydrogens is 398 g/mol. The molecule has 0 aliphatic heterocycles. The van der Waals surface area contributed by atoms with Crippen LogP contribution in [-0.4, -0.2) is 56.4 Å². The molecule has 0 saturated carbocycles. The van der Waals surface area contributed by atoms with E-state index >= 15 is 0 Å². The summed E-state index contributed by atoms with van der Waals surface area (Å²) in [5, 5.41) is 13.6. The lowest BCUT2D eigenvalue weighted by Gasteiger charge is -2.18. The molecule has 2 rings (SSSR count). The van der Waals surface area contributed by atoms with Crippen LogP contribution in [0.15, 0.2) is 16.9 Å². The molecule has 0 bridgehead atoms. The van der Waals surface area contributed by atoms with Gasteiger partial charge in [-0.05, 0) is 18.9 Å². The fourth-order valence-corrected chi connectivity index (χ4v) is 3.34. The number of hydrogen-bond acceptors (Lipinski definition) is 5. The topological polar surface area (TPSA) is 105 Å². The van der Waals surface area contributed by atoms with Gasteiger partial charge in [0, 0.05) is 11.5 Å². The predicted molar refractivity (Wildman–Crippen MR) is 108 cm³/mol. The van der Waals surface area contributed by atoms with E-state index in [2.05, 4.69) is 24.1 Å². The minimum Gasteiger partial charge on any atom is -1.00 e. The Morgan fingerprint density at radius 3 is 2.24 bits per heavy atom. The maximum absolute atomic E-state index is 12.5. The van der Waals surface area contributed by atoms with Crippen LogP contribution < -0.4 is 37.7 Å². The van der Waals surface area contributed by atoms with Gasteiger partial charge in [-0.25, -0.2) is 0 Å². The van der Waals surface area contributed by atoms with Gasteiger partial charge in [-0.3, -0.25) is 9.59 Å². The Kier molecular flexibility index (Phi) is 9.77. The van der Waals surface area contributed by atoms with Gasteiger partial charge < -0.3 is 42.2 Å². The Labute approximate surface area is 176 Å². The Balaban J connectivity index is 0.00000420. The number of rotatable bonds is 10. The number of quaternary nitrogens is 1. The second kappa shape index (κ2) is 11.5. The number of amides is 1. The number of carbonyl (C=O) groups excluding carboxylic acids is 1. The highest BCUT2D eigenvalue weighted by atomic mass is 35.5. The van der Waals surface area contributed by atoms with Crippen LogP contribution in [0.25, 0.3) is 10.9 Å². The number of aromatic hydroxyl groups is 1. The minimum atomic E-state index is -0.652. The Hall–Kier alpha value is -2.45. The van der Waals surface area contributed by atoms with Crippen molar-refractivity contribution in [2.75, 3.05) is 40.4 Å². The number of aromatic amines is 1. The minimum absolute atomic E-state index is 0. The predicted octanol–water partition coefficient (Wildman–Crippen LogP) is -2.31. The number of ether oxygens (including phenoxy) is 2. The van der Waals surface area contributed by atoms with Crippen molar-refractivity contribution in [3.05, 3.63) is 28.0 Å². The lowest BCUT2D eigenvalue weighted by molar-refractivity contribution is -0.898. The summed E-state index contributed by atoms with van der Waals surface area (Å²) in [5.74, 6) is -0.162. The van der Waals surface area contributed by atoms with E-state index in [-0.39, 0.29) is 23.7 Å². The van der Waals surface area contributed by atoms with Crippen molar-refractivity contribution in [2.45, 2.75) is 26.7 Å². The van der Waals surface area contributed by atoms with Gasteiger partial charge in [0.25, 0.3) is 11.5 Å². The molecule has 1 heterocycles. The van der Waals surface area contributed by atoms with Crippen LogP contribution in [0.5, 0.6) is 17.2 Å². The maximum Gasteiger partial charge on any atom is 0.265 e. The van der Waals surface area contributed by atoms with Gasteiger partial charge in [0.1, 0.15) is 11.3 Å². The smallest absolute Gasteiger partial charge is 0.265 e. The Morgan fingerprint density at radius 1 is 1.10 bits per heavy atom. The SMILES string of the molecule is CCC[NH+](CCC)CCNC(=O)c1c(O)c2cc(OC)c(OC)cc2[nH]c1=O.[Cl-]. The molecule has 1 aromatic heterocycles. The molecule has 0 unspecified atom stereocenters. The number of hydrogen-bond donors (Lipinski definition) is 4. The molecular formula is C20H30ClN3O5. The zero-order valence-corrected chi connectivity index (χ0v) is 18.1. The first-order chi connectivity index (χ1) is 13.5.